The Kier molecular flexibility index (Phi) is 4.47. The first-order valence-electron chi connectivity index (χ1n) is 6.41. The lowest BCUT2D eigenvalue weighted by atomic mass is 9.98. The number of nitrogens with zero attached hydrogens (tertiary/aromatic N) is 2. The minimum atomic E-state index is -0.00477. The van der Waals surface area contributed by atoms with Crippen LogP contribution in [0.1, 0.15) is 29.8 Å². The van der Waals surface area contributed by atoms with Crippen molar-refractivity contribution in [2.45, 2.75) is 19.9 Å². The summed E-state index contributed by atoms with van der Waals surface area (Å²) in [4.78, 5) is 8.67. The molecule has 100 valence electrons. The molecule has 0 aliphatic carbocycles. The van der Waals surface area contributed by atoms with Crippen molar-refractivity contribution in [2.24, 2.45) is 0 Å². The third kappa shape index (κ3) is 2.90. The van der Waals surface area contributed by atoms with E-state index in [2.05, 4.69) is 41.3 Å². The Morgan fingerprint density at radius 1 is 1.21 bits per heavy atom. The molecule has 1 heterocycles. The first kappa shape index (κ1) is 13.5. The van der Waals surface area contributed by atoms with Gasteiger partial charge < -0.3 is 10.1 Å². The van der Waals surface area contributed by atoms with Gasteiger partial charge in [0.2, 0.25) is 5.88 Å². The molecule has 0 bridgehead atoms. The number of hydrogen-bond donors (Lipinski definition) is 1. The van der Waals surface area contributed by atoms with E-state index < -0.39 is 0 Å². The molecule has 1 unspecified atom stereocenters. The monoisotopic (exact) mass is 257 g/mol. The maximum absolute atomic E-state index is 5.32. The fraction of sp³-hybridized carbons (Fsp3) is 0.333. The molecule has 0 fully saturated rings. The number of aromatic nitrogens is 2. The van der Waals surface area contributed by atoms with Crippen molar-refractivity contribution < 1.29 is 4.74 Å². The highest BCUT2D eigenvalue weighted by molar-refractivity contribution is 5.37. The van der Waals surface area contributed by atoms with Crippen LogP contribution in [0.3, 0.4) is 0 Å². The van der Waals surface area contributed by atoms with Gasteiger partial charge in [-0.15, -0.1) is 0 Å². The highest BCUT2D eigenvalue weighted by atomic mass is 16.5. The van der Waals surface area contributed by atoms with Gasteiger partial charge in [0.25, 0.3) is 0 Å². The highest BCUT2D eigenvalue weighted by Crippen LogP contribution is 2.28. The van der Waals surface area contributed by atoms with E-state index >= 15 is 0 Å². The predicted octanol–water partition coefficient (Wildman–Crippen LogP) is 2.49. The number of benzene rings is 1. The number of rotatable bonds is 5. The van der Waals surface area contributed by atoms with Crippen molar-refractivity contribution in [2.75, 3.05) is 13.7 Å². The fourth-order valence-electron chi connectivity index (χ4n) is 2.16. The molecule has 1 aromatic heterocycles. The number of aryl methyl sites for hydroxylation is 1. The van der Waals surface area contributed by atoms with E-state index in [-0.39, 0.29) is 6.04 Å². The van der Waals surface area contributed by atoms with Gasteiger partial charge in [0, 0.05) is 12.4 Å². The second-order valence-electron chi connectivity index (χ2n) is 4.30. The minimum Gasteiger partial charge on any atom is -0.480 e. The van der Waals surface area contributed by atoms with E-state index in [0.717, 1.165) is 12.2 Å². The molecule has 4 heteroatoms. The first-order valence-corrected chi connectivity index (χ1v) is 6.41. The summed E-state index contributed by atoms with van der Waals surface area (Å²) in [5.74, 6) is 0.566. The molecule has 4 nitrogen and oxygen atoms in total. The van der Waals surface area contributed by atoms with Crippen LogP contribution in [-0.2, 0) is 0 Å². The van der Waals surface area contributed by atoms with Gasteiger partial charge in [0.05, 0.1) is 13.2 Å². The quantitative estimate of drug-likeness (QED) is 0.894. The molecule has 0 saturated carbocycles. The summed E-state index contributed by atoms with van der Waals surface area (Å²) in [5.41, 5.74) is 3.24. The average Bonchev–Trinajstić information content (AvgIpc) is 2.46. The Morgan fingerprint density at radius 2 is 1.95 bits per heavy atom. The van der Waals surface area contributed by atoms with E-state index in [9.17, 15) is 0 Å². The highest BCUT2D eigenvalue weighted by Gasteiger charge is 2.20. The van der Waals surface area contributed by atoms with Gasteiger partial charge >= 0.3 is 0 Å². The van der Waals surface area contributed by atoms with Crippen molar-refractivity contribution in [3.63, 3.8) is 0 Å². The number of hydrogen-bond acceptors (Lipinski definition) is 4. The van der Waals surface area contributed by atoms with E-state index in [0.29, 0.717) is 5.88 Å². The van der Waals surface area contributed by atoms with E-state index in [1.165, 1.54) is 11.1 Å². The summed E-state index contributed by atoms with van der Waals surface area (Å²) in [6.07, 6.45) is 3.34. The molecule has 1 N–H and O–H groups in total. The minimum absolute atomic E-state index is 0.00477. The topological polar surface area (TPSA) is 47.0 Å². The Labute approximate surface area is 113 Å². The zero-order valence-electron chi connectivity index (χ0n) is 11.6. The smallest absolute Gasteiger partial charge is 0.237 e. The van der Waals surface area contributed by atoms with Crippen LogP contribution in [0.4, 0.5) is 0 Å². The van der Waals surface area contributed by atoms with Gasteiger partial charge in [0.15, 0.2) is 0 Å². The van der Waals surface area contributed by atoms with Crippen LogP contribution >= 0.6 is 0 Å². The Morgan fingerprint density at radius 3 is 2.63 bits per heavy atom. The molecule has 0 radical (unpaired) electrons. The number of nitrogens with one attached hydrogen (secondary N) is 1. The Bertz CT molecular complexity index is 542. The van der Waals surface area contributed by atoms with Crippen molar-refractivity contribution in [3.8, 4) is 5.88 Å². The summed E-state index contributed by atoms with van der Waals surface area (Å²) in [5, 5.41) is 3.45. The molecule has 0 saturated heterocycles. The van der Waals surface area contributed by atoms with E-state index in [1.54, 1.807) is 19.5 Å². The summed E-state index contributed by atoms with van der Waals surface area (Å²) in [6.45, 7) is 5.02. The summed E-state index contributed by atoms with van der Waals surface area (Å²) < 4.78 is 5.32. The van der Waals surface area contributed by atoms with Crippen LogP contribution in [-0.4, -0.2) is 23.6 Å². The largest absolute Gasteiger partial charge is 0.480 e. The van der Waals surface area contributed by atoms with Crippen molar-refractivity contribution >= 4 is 0 Å². The zero-order chi connectivity index (χ0) is 13.7. The van der Waals surface area contributed by atoms with Crippen LogP contribution in [0, 0.1) is 6.92 Å². The van der Waals surface area contributed by atoms with E-state index in [1.807, 2.05) is 12.1 Å². The maximum atomic E-state index is 5.32. The van der Waals surface area contributed by atoms with Gasteiger partial charge in [-0.3, -0.25) is 4.98 Å². The number of ether oxygens (including phenoxy) is 1. The molecule has 0 amide bonds. The normalized spacial score (nSPS) is 12.2. The van der Waals surface area contributed by atoms with Crippen LogP contribution in [0.5, 0.6) is 5.88 Å². The van der Waals surface area contributed by atoms with Gasteiger partial charge in [-0.1, -0.05) is 31.2 Å². The molecule has 0 spiro atoms. The molecule has 19 heavy (non-hydrogen) atoms. The molecule has 0 aliphatic heterocycles. The lowest BCUT2D eigenvalue weighted by Gasteiger charge is -2.20. The van der Waals surface area contributed by atoms with Crippen LogP contribution in [0.25, 0.3) is 0 Å². The molecule has 0 aliphatic rings. The van der Waals surface area contributed by atoms with E-state index in [4.69, 9.17) is 4.74 Å². The standard InChI is InChI=1S/C15H19N3O/c1-4-16-13(12-8-6-5-7-11(12)2)14-15(19-3)18-10-9-17-14/h5-10,13,16H,4H2,1-3H3. The lowest BCUT2D eigenvalue weighted by molar-refractivity contribution is 0.383. The SMILES string of the molecule is CCNC(c1ccccc1C)c1nccnc1OC. The molecular weight excluding hydrogens is 238 g/mol. The summed E-state index contributed by atoms with van der Waals surface area (Å²) in [7, 11) is 1.62. The third-order valence-corrected chi connectivity index (χ3v) is 3.07. The fourth-order valence-corrected chi connectivity index (χ4v) is 2.16. The first-order chi connectivity index (χ1) is 9.27. The second kappa shape index (κ2) is 6.29. The average molecular weight is 257 g/mol. The second-order valence-corrected chi connectivity index (χ2v) is 4.30. The van der Waals surface area contributed by atoms with Gasteiger partial charge in [0.1, 0.15) is 5.69 Å². The summed E-state index contributed by atoms with van der Waals surface area (Å²) >= 11 is 0. The summed E-state index contributed by atoms with van der Waals surface area (Å²) in [6, 6.07) is 8.28. The van der Waals surface area contributed by atoms with Crippen LogP contribution < -0.4 is 10.1 Å². The van der Waals surface area contributed by atoms with Crippen molar-refractivity contribution in [3.05, 3.63) is 53.5 Å². The van der Waals surface area contributed by atoms with Crippen molar-refractivity contribution in [1.82, 2.24) is 15.3 Å². The van der Waals surface area contributed by atoms with Gasteiger partial charge in [-0.05, 0) is 24.6 Å². The van der Waals surface area contributed by atoms with Crippen LogP contribution in [0.15, 0.2) is 36.7 Å². The Balaban J connectivity index is 2.49. The molecular formula is C15H19N3O. The van der Waals surface area contributed by atoms with Crippen molar-refractivity contribution in [1.29, 1.82) is 0 Å². The predicted molar refractivity (Wildman–Crippen MR) is 75.3 cm³/mol. The van der Waals surface area contributed by atoms with Gasteiger partial charge in [-0.25, -0.2) is 4.98 Å². The molecule has 1 atom stereocenters. The lowest BCUT2D eigenvalue weighted by Crippen LogP contribution is -2.24. The third-order valence-electron chi connectivity index (χ3n) is 3.07. The maximum Gasteiger partial charge on any atom is 0.237 e. The van der Waals surface area contributed by atoms with Crippen LogP contribution in [0.2, 0.25) is 0 Å². The molecule has 2 aromatic rings. The Hall–Kier alpha value is -1.94. The molecule has 1 aromatic carbocycles. The molecule has 2 rings (SSSR count). The number of methoxy groups -OCH3 is 1. The van der Waals surface area contributed by atoms with Gasteiger partial charge in [-0.2, -0.15) is 0 Å². The zero-order valence-corrected chi connectivity index (χ0v) is 11.6.